The third-order valence-electron chi connectivity index (χ3n) is 5.73. The van der Waals surface area contributed by atoms with Gasteiger partial charge in [0.25, 0.3) is 5.91 Å². The monoisotopic (exact) mass is 477 g/mol. The number of carbonyl (C=O) groups excluding carboxylic acids is 1. The quantitative estimate of drug-likeness (QED) is 0.246. The summed E-state index contributed by atoms with van der Waals surface area (Å²) in [5.74, 6) is 0.581. The summed E-state index contributed by atoms with van der Waals surface area (Å²) in [5.41, 5.74) is 1.59. The van der Waals surface area contributed by atoms with Gasteiger partial charge in [-0.2, -0.15) is 0 Å². The maximum atomic E-state index is 12.9. The number of hydrogen-bond donors (Lipinski definition) is 1. The molecule has 0 aliphatic carbocycles. The van der Waals surface area contributed by atoms with Crippen LogP contribution in [0.1, 0.15) is 30.2 Å². The first-order valence-electron chi connectivity index (χ1n) is 11.4. The molecule has 4 aromatic rings. The normalized spacial score (nSPS) is 11.2. The van der Waals surface area contributed by atoms with Crippen molar-refractivity contribution in [2.75, 3.05) is 25.0 Å². The molecule has 2 aromatic carbocycles. The minimum Gasteiger partial charge on any atom is -0.479 e. The van der Waals surface area contributed by atoms with E-state index in [1.54, 1.807) is 18.2 Å². The first-order valence-corrected chi connectivity index (χ1v) is 11.4. The van der Waals surface area contributed by atoms with E-state index in [1.807, 2.05) is 28.8 Å². The number of furan rings is 1. The molecule has 10 heteroatoms. The van der Waals surface area contributed by atoms with Crippen molar-refractivity contribution in [2.45, 2.75) is 27.0 Å². The fourth-order valence-electron chi connectivity index (χ4n) is 3.80. The number of para-hydroxylation sites is 4. The zero-order valence-corrected chi connectivity index (χ0v) is 19.6. The Hall–Kier alpha value is -4.18. The van der Waals surface area contributed by atoms with Gasteiger partial charge < -0.3 is 18.6 Å². The van der Waals surface area contributed by atoms with Gasteiger partial charge in [0.1, 0.15) is 12.4 Å². The number of likely N-dealkylation sites (N-methyl/N-ethyl adjacent to an activating group) is 1. The maximum absolute atomic E-state index is 12.9. The van der Waals surface area contributed by atoms with Crippen LogP contribution in [0.2, 0.25) is 0 Å². The highest BCUT2D eigenvalue weighted by atomic mass is 16.6. The highest BCUT2D eigenvalue weighted by molar-refractivity contribution is 6.02. The lowest BCUT2D eigenvalue weighted by molar-refractivity contribution is -0.386. The second-order valence-corrected chi connectivity index (χ2v) is 7.84. The molecule has 4 rings (SSSR count). The van der Waals surface area contributed by atoms with Crippen LogP contribution >= 0.6 is 0 Å². The summed E-state index contributed by atoms with van der Waals surface area (Å²) in [6.45, 7) is 7.55. The molecule has 2 heterocycles. The van der Waals surface area contributed by atoms with Gasteiger partial charge in [0, 0.05) is 19.2 Å². The van der Waals surface area contributed by atoms with Crippen LogP contribution in [0.4, 0.5) is 11.6 Å². The number of aromatic nitrogens is 2. The van der Waals surface area contributed by atoms with E-state index in [2.05, 4.69) is 29.0 Å². The highest BCUT2D eigenvalue weighted by Crippen LogP contribution is 2.27. The second-order valence-electron chi connectivity index (χ2n) is 7.84. The first-order chi connectivity index (χ1) is 17.0. The SMILES string of the molecule is CCN(CC)CCn1c(NC(=O)c2ccc(COc3ccccc3[N+](=O)[O-])o2)nc2ccccc21. The Morgan fingerprint density at radius 2 is 1.86 bits per heavy atom. The molecule has 0 saturated heterocycles. The van der Waals surface area contributed by atoms with E-state index in [0.29, 0.717) is 18.3 Å². The molecule has 0 unspecified atom stereocenters. The van der Waals surface area contributed by atoms with Crippen LogP contribution in [-0.4, -0.2) is 44.9 Å². The van der Waals surface area contributed by atoms with Gasteiger partial charge in [0.05, 0.1) is 16.0 Å². The van der Waals surface area contributed by atoms with Crippen molar-refractivity contribution < 1.29 is 18.9 Å². The van der Waals surface area contributed by atoms with Crippen molar-refractivity contribution in [3.05, 3.63) is 82.3 Å². The molecule has 0 radical (unpaired) electrons. The summed E-state index contributed by atoms with van der Waals surface area (Å²) < 4.78 is 13.2. The Labute approximate surface area is 202 Å². The molecule has 2 aromatic heterocycles. The Balaban J connectivity index is 1.47. The molecule has 0 fully saturated rings. The number of imidazole rings is 1. The fraction of sp³-hybridized carbons (Fsp3) is 0.280. The summed E-state index contributed by atoms with van der Waals surface area (Å²) in [6, 6.07) is 17.0. The summed E-state index contributed by atoms with van der Waals surface area (Å²) in [5, 5.41) is 14.0. The number of carbonyl (C=O) groups is 1. The highest BCUT2D eigenvalue weighted by Gasteiger charge is 2.19. The first kappa shape index (κ1) is 24.0. The number of nitrogens with zero attached hydrogens (tertiary/aromatic N) is 4. The van der Waals surface area contributed by atoms with Gasteiger partial charge in [-0.25, -0.2) is 4.98 Å². The van der Waals surface area contributed by atoms with Crippen molar-refractivity contribution in [3.63, 3.8) is 0 Å². The standard InChI is InChI=1S/C25H27N5O5/c1-3-28(4-2)15-16-29-20-10-6-5-9-19(20)26-25(29)27-24(31)23-14-13-18(35-23)17-34-22-12-8-7-11-21(22)30(32)33/h5-14H,3-4,15-17H2,1-2H3,(H,26,27,31). The van der Waals surface area contributed by atoms with Crippen molar-refractivity contribution in [3.8, 4) is 5.75 Å². The number of ether oxygens (including phenoxy) is 1. The summed E-state index contributed by atoms with van der Waals surface area (Å²) in [4.78, 5) is 30.5. The minimum absolute atomic E-state index is 0.0550. The zero-order valence-electron chi connectivity index (χ0n) is 19.6. The number of rotatable bonds is 11. The van der Waals surface area contributed by atoms with E-state index < -0.39 is 10.8 Å². The lowest BCUT2D eigenvalue weighted by Gasteiger charge is -2.19. The summed E-state index contributed by atoms with van der Waals surface area (Å²) in [6.07, 6.45) is 0. The molecule has 0 aliphatic heterocycles. The number of fused-ring (bicyclic) bond motifs is 1. The van der Waals surface area contributed by atoms with Crippen LogP contribution < -0.4 is 10.1 Å². The topological polar surface area (TPSA) is 116 Å². The van der Waals surface area contributed by atoms with E-state index in [0.717, 1.165) is 30.7 Å². The fourth-order valence-corrected chi connectivity index (χ4v) is 3.80. The van der Waals surface area contributed by atoms with Crippen LogP contribution in [0.5, 0.6) is 5.75 Å². The maximum Gasteiger partial charge on any atom is 0.310 e. The molecular formula is C25H27N5O5. The number of benzene rings is 2. The molecule has 0 atom stereocenters. The molecule has 182 valence electrons. The Morgan fingerprint density at radius 3 is 2.63 bits per heavy atom. The molecule has 0 aliphatic rings. The van der Waals surface area contributed by atoms with Gasteiger partial charge in [-0.3, -0.25) is 20.2 Å². The van der Waals surface area contributed by atoms with Crippen molar-refractivity contribution >= 4 is 28.6 Å². The molecule has 10 nitrogen and oxygen atoms in total. The molecule has 35 heavy (non-hydrogen) atoms. The number of anilines is 1. The molecule has 1 N–H and O–H groups in total. The smallest absolute Gasteiger partial charge is 0.310 e. The van der Waals surface area contributed by atoms with Crippen molar-refractivity contribution in [1.82, 2.24) is 14.5 Å². The van der Waals surface area contributed by atoms with Gasteiger partial charge in [0.2, 0.25) is 5.95 Å². The van der Waals surface area contributed by atoms with Crippen LogP contribution in [0, 0.1) is 10.1 Å². The number of amides is 1. The van der Waals surface area contributed by atoms with Gasteiger partial charge in [0.15, 0.2) is 11.5 Å². The molecular weight excluding hydrogens is 450 g/mol. The summed E-state index contributed by atoms with van der Waals surface area (Å²) >= 11 is 0. The second kappa shape index (κ2) is 10.8. The lowest BCUT2D eigenvalue weighted by Crippen LogP contribution is -2.27. The van der Waals surface area contributed by atoms with Crippen molar-refractivity contribution in [2.24, 2.45) is 0 Å². The largest absolute Gasteiger partial charge is 0.479 e. The predicted octanol–water partition coefficient (Wildman–Crippen LogP) is 4.71. The third-order valence-corrected chi connectivity index (χ3v) is 5.73. The van der Waals surface area contributed by atoms with E-state index in [1.165, 1.54) is 18.2 Å². The Bertz CT molecular complexity index is 1320. The summed E-state index contributed by atoms with van der Waals surface area (Å²) in [7, 11) is 0. The van der Waals surface area contributed by atoms with E-state index in [9.17, 15) is 14.9 Å². The van der Waals surface area contributed by atoms with E-state index in [-0.39, 0.29) is 23.8 Å². The number of hydrogen-bond acceptors (Lipinski definition) is 7. The van der Waals surface area contributed by atoms with Crippen LogP contribution in [0.25, 0.3) is 11.0 Å². The van der Waals surface area contributed by atoms with E-state index >= 15 is 0 Å². The number of nitrogens with one attached hydrogen (secondary N) is 1. The Morgan fingerprint density at radius 1 is 1.11 bits per heavy atom. The molecule has 1 amide bonds. The average molecular weight is 478 g/mol. The van der Waals surface area contributed by atoms with Crippen molar-refractivity contribution in [1.29, 1.82) is 0 Å². The van der Waals surface area contributed by atoms with E-state index in [4.69, 9.17) is 9.15 Å². The van der Waals surface area contributed by atoms with Crippen LogP contribution in [-0.2, 0) is 13.2 Å². The Kier molecular flexibility index (Phi) is 7.41. The minimum atomic E-state index is -0.511. The molecule has 0 saturated carbocycles. The van der Waals surface area contributed by atoms with Gasteiger partial charge in [-0.15, -0.1) is 0 Å². The van der Waals surface area contributed by atoms with Gasteiger partial charge >= 0.3 is 5.69 Å². The van der Waals surface area contributed by atoms with Gasteiger partial charge in [-0.05, 0) is 43.4 Å². The zero-order chi connectivity index (χ0) is 24.8. The predicted molar refractivity (Wildman–Crippen MR) is 132 cm³/mol. The lowest BCUT2D eigenvalue weighted by atomic mass is 10.3. The molecule has 0 bridgehead atoms. The average Bonchev–Trinajstić information content (AvgIpc) is 3.48. The van der Waals surface area contributed by atoms with Gasteiger partial charge in [-0.1, -0.05) is 38.1 Å². The molecule has 0 spiro atoms. The van der Waals surface area contributed by atoms with Crippen LogP contribution in [0.15, 0.2) is 65.1 Å². The van der Waals surface area contributed by atoms with Crippen LogP contribution in [0.3, 0.4) is 0 Å². The number of nitro benzene ring substituents is 1. The number of nitro groups is 1. The third kappa shape index (κ3) is 5.49.